The Morgan fingerprint density at radius 1 is 1.03 bits per heavy atom. The lowest BCUT2D eigenvalue weighted by Crippen LogP contribution is -2.15. The molecule has 34 heavy (non-hydrogen) atoms. The van der Waals surface area contributed by atoms with Crippen LogP contribution in [-0.4, -0.2) is 33.5 Å². The third-order valence-corrected chi connectivity index (χ3v) is 6.01. The number of amides is 1. The maximum atomic E-state index is 12.5. The number of halogens is 1. The molecule has 174 valence electrons. The van der Waals surface area contributed by atoms with Gasteiger partial charge in [0.05, 0.1) is 12.9 Å². The number of nitrogens with one attached hydrogen (secondary N) is 1. The van der Waals surface area contributed by atoms with E-state index in [1.165, 1.54) is 11.8 Å². The Morgan fingerprint density at radius 3 is 2.47 bits per heavy atom. The van der Waals surface area contributed by atoms with E-state index in [1.807, 2.05) is 66.1 Å². The summed E-state index contributed by atoms with van der Waals surface area (Å²) in [4.78, 5) is 12.5. The average molecular weight is 495 g/mol. The van der Waals surface area contributed by atoms with Gasteiger partial charge in [-0.25, -0.2) is 0 Å². The van der Waals surface area contributed by atoms with Gasteiger partial charge in [0.25, 0.3) is 0 Å². The van der Waals surface area contributed by atoms with Crippen LogP contribution in [-0.2, 0) is 4.79 Å². The van der Waals surface area contributed by atoms with Crippen molar-refractivity contribution in [3.05, 3.63) is 89.7 Å². The number of rotatable bonds is 9. The minimum absolute atomic E-state index is 0.158. The van der Waals surface area contributed by atoms with E-state index in [2.05, 4.69) is 15.5 Å². The largest absolute Gasteiger partial charge is 0.497 e. The van der Waals surface area contributed by atoms with E-state index in [0.717, 1.165) is 11.4 Å². The molecule has 0 saturated carbocycles. The molecule has 0 saturated heterocycles. The fourth-order valence-corrected chi connectivity index (χ4v) is 4.21. The first-order chi connectivity index (χ1) is 16.5. The van der Waals surface area contributed by atoms with Crippen LogP contribution in [0.4, 0.5) is 5.69 Å². The van der Waals surface area contributed by atoms with Crippen molar-refractivity contribution >= 4 is 35.0 Å². The Labute approximate surface area is 207 Å². The van der Waals surface area contributed by atoms with Gasteiger partial charge in [-0.15, -0.1) is 10.2 Å². The van der Waals surface area contributed by atoms with E-state index >= 15 is 0 Å². The smallest absolute Gasteiger partial charge is 0.234 e. The minimum atomic E-state index is -0.393. The first kappa shape index (κ1) is 23.7. The monoisotopic (exact) mass is 494 g/mol. The summed E-state index contributed by atoms with van der Waals surface area (Å²) >= 11 is 7.29. The molecule has 4 aromatic rings. The second-order valence-corrected chi connectivity index (χ2v) is 8.67. The zero-order chi connectivity index (χ0) is 23.9. The molecule has 0 aliphatic carbocycles. The number of hydrogen-bond acceptors (Lipinski definition) is 6. The van der Waals surface area contributed by atoms with Gasteiger partial charge in [-0.05, 0) is 61.5 Å². The van der Waals surface area contributed by atoms with Gasteiger partial charge in [-0.3, -0.25) is 9.36 Å². The molecule has 0 aliphatic heterocycles. The van der Waals surface area contributed by atoms with Gasteiger partial charge in [-0.2, -0.15) is 0 Å². The number of thioether (sulfide) groups is 1. The van der Waals surface area contributed by atoms with Crippen molar-refractivity contribution in [2.45, 2.75) is 18.2 Å². The van der Waals surface area contributed by atoms with Crippen LogP contribution in [0.15, 0.2) is 84.0 Å². The van der Waals surface area contributed by atoms with Crippen molar-refractivity contribution in [2.75, 3.05) is 18.2 Å². The van der Waals surface area contributed by atoms with Crippen LogP contribution in [0.25, 0.3) is 5.69 Å². The summed E-state index contributed by atoms with van der Waals surface area (Å²) in [7, 11) is 1.62. The number of carbonyl (C=O) groups is 1. The molecular formula is C25H23ClN4O3S. The number of anilines is 1. The molecule has 3 aromatic carbocycles. The second-order valence-electron chi connectivity index (χ2n) is 7.29. The third kappa shape index (κ3) is 5.89. The van der Waals surface area contributed by atoms with Crippen molar-refractivity contribution in [3.8, 4) is 17.2 Å². The maximum Gasteiger partial charge on any atom is 0.234 e. The Kier molecular flexibility index (Phi) is 7.72. The summed E-state index contributed by atoms with van der Waals surface area (Å²) in [5.41, 5.74) is 1.52. The lowest BCUT2D eigenvalue weighted by molar-refractivity contribution is -0.113. The van der Waals surface area contributed by atoms with E-state index in [0.29, 0.717) is 27.4 Å². The van der Waals surface area contributed by atoms with Crippen LogP contribution < -0.4 is 14.8 Å². The molecule has 0 spiro atoms. The molecule has 1 heterocycles. The molecule has 9 heteroatoms. The number of carbonyl (C=O) groups excluding carboxylic acids is 1. The summed E-state index contributed by atoms with van der Waals surface area (Å²) in [5, 5.41) is 12.7. The van der Waals surface area contributed by atoms with E-state index in [-0.39, 0.29) is 11.7 Å². The van der Waals surface area contributed by atoms with Crippen molar-refractivity contribution in [1.29, 1.82) is 0 Å². The number of nitrogens with zero attached hydrogens (tertiary/aromatic N) is 3. The molecule has 4 rings (SSSR count). The lowest BCUT2D eigenvalue weighted by atomic mass is 10.3. The molecule has 1 atom stereocenters. The normalized spacial score (nSPS) is 11.6. The SMILES string of the molecule is COc1ccc(OC(C)c2nnc(SCC(=O)Nc3cccc(Cl)c3)n2-c2ccccc2)cc1. The maximum absolute atomic E-state index is 12.5. The Hall–Kier alpha value is -3.49. The van der Waals surface area contributed by atoms with Gasteiger partial charge in [0, 0.05) is 16.4 Å². The zero-order valence-corrected chi connectivity index (χ0v) is 20.2. The van der Waals surface area contributed by atoms with Crippen LogP contribution in [0, 0.1) is 0 Å². The van der Waals surface area contributed by atoms with E-state index in [9.17, 15) is 4.79 Å². The predicted octanol–water partition coefficient (Wildman–Crippen LogP) is 5.80. The number of benzene rings is 3. The Bertz CT molecular complexity index is 1250. The molecule has 0 fully saturated rings. The number of ether oxygens (including phenoxy) is 2. The van der Waals surface area contributed by atoms with Gasteiger partial charge in [0.15, 0.2) is 17.1 Å². The van der Waals surface area contributed by atoms with Gasteiger partial charge < -0.3 is 14.8 Å². The van der Waals surface area contributed by atoms with Crippen molar-refractivity contribution in [2.24, 2.45) is 0 Å². The third-order valence-electron chi connectivity index (χ3n) is 4.85. The number of hydrogen-bond donors (Lipinski definition) is 1. The summed E-state index contributed by atoms with van der Waals surface area (Å²) in [5.74, 6) is 2.05. The fraction of sp³-hybridized carbons (Fsp3) is 0.160. The molecule has 0 radical (unpaired) electrons. The average Bonchev–Trinajstić information content (AvgIpc) is 3.28. The summed E-state index contributed by atoms with van der Waals surface area (Å²) in [6.07, 6.45) is -0.393. The van der Waals surface area contributed by atoms with Crippen molar-refractivity contribution in [3.63, 3.8) is 0 Å². The molecule has 1 unspecified atom stereocenters. The van der Waals surface area contributed by atoms with Gasteiger partial charge >= 0.3 is 0 Å². The highest BCUT2D eigenvalue weighted by Crippen LogP contribution is 2.28. The van der Waals surface area contributed by atoms with E-state index < -0.39 is 6.10 Å². The quantitative estimate of drug-likeness (QED) is 0.296. The van der Waals surface area contributed by atoms with Crippen LogP contribution in [0.3, 0.4) is 0 Å². The number of para-hydroxylation sites is 1. The van der Waals surface area contributed by atoms with Gasteiger partial charge in [0.1, 0.15) is 11.5 Å². The molecule has 0 bridgehead atoms. The predicted molar refractivity (Wildman–Crippen MR) is 134 cm³/mol. The highest BCUT2D eigenvalue weighted by atomic mass is 35.5. The standard InChI is InChI=1S/C25H23ClN4O3S/c1-17(33-22-13-11-21(32-2)12-14-22)24-28-29-25(30(24)20-9-4-3-5-10-20)34-16-23(31)27-19-8-6-7-18(26)15-19/h3-15,17H,16H2,1-2H3,(H,27,31). The van der Waals surface area contributed by atoms with Crippen LogP contribution in [0.1, 0.15) is 18.9 Å². The van der Waals surface area contributed by atoms with Gasteiger partial charge in [0.2, 0.25) is 5.91 Å². The number of aromatic nitrogens is 3. The minimum Gasteiger partial charge on any atom is -0.497 e. The molecular weight excluding hydrogens is 472 g/mol. The molecule has 1 N–H and O–H groups in total. The summed E-state index contributed by atoms with van der Waals surface area (Å²) in [6.45, 7) is 1.91. The molecule has 1 aromatic heterocycles. The van der Waals surface area contributed by atoms with Crippen LogP contribution in [0.5, 0.6) is 11.5 Å². The van der Waals surface area contributed by atoms with Gasteiger partial charge in [-0.1, -0.05) is 47.6 Å². The molecule has 0 aliphatic rings. The van der Waals surface area contributed by atoms with E-state index in [4.69, 9.17) is 21.1 Å². The highest BCUT2D eigenvalue weighted by molar-refractivity contribution is 7.99. The number of methoxy groups -OCH3 is 1. The fourth-order valence-electron chi connectivity index (χ4n) is 3.26. The Morgan fingerprint density at radius 2 is 1.76 bits per heavy atom. The molecule has 1 amide bonds. The summed E-state index contributed by atoms with van der Waals surface area (Å²) < 4.78 is 13.2. The second kappa shape index (κ2) is 11.1. The van der Waals surface area contributed by atoms with Crippen molar-refractivity contribution in [1.82, 2.24) is 14.8 Å². The highest BCUT2D eigenvalue weighted by Gasteiger charge is 2.21. The summed E-state index contributed by atoms with van der Waals surface area (Å²) in [6, 6.07) is 24.1. The van der Waals surface area contributed by atoms with Crippen molar-refractivity contribution < 1.29 is 14.3 Å². The van der Waals surface area contributed by atoms with Crippen LogP contribution in [0.2, 0.25) is 5.02 Å². The lowest BCUT2D eigenvalue weighted by Gasteiger charge is -2.17. The van der Waals surface area contributed by atoms with Crippen LogP contribution >= 0.6 is 23.4 Å². The molecule has 7 nitrogen and oxygen atoms in total. The Balaban J connectivity index is 1.52. The first-order valence-corrected chi connectivity index (χ1v) is 11.9. The zero-order valence-electron chi connectivity index (χ0n) is 18.6. The topological polar surface area (TPSA) is 78.3 Å². The first-order valence-electron chi connectivity index (χ1n) is 10.5. The van der Waals surface area contributed by atoms with E-state index in [1.54, 1.807) is 31.4 Å².